The van der Waals surface area contributed by atoms with E-state index in [1.54, 1.807) is 12.1 Å². The molecule has 0 aliphatic carbocycles. The van der Waals surface area contributed by atoms with Crippen molar-refractivity contribution in [1.29, 1.82) is 0 Å². The molecule has 23 heavy (non-hydrogen) atoms. The van der Waals surface area contributed by atoms with E-state index in [9.17, 15) is 9.59 Å². The van der Waals surface area contributed by atoms with Crippen molar-refractivity contribution < 1.29 is 14.3 Å². The minimum atomic E-state index is -0.150. The Morgan fingerprint density at radius 1 is 1.26 bits per heavy atom. The second-order valence-corrected chi connectivity index (χ2v) is 7.96. The zero-order valence-electron chi connectivity index (χ0n) is 14.5. The lowest BCUT2D eigenvalue weighted by Crippen LogP contribution is -2.58. The Labute approximate surface area is 142 Å². The number of carbonyl (C=O) groups is 2. The van der Waals surface area contributed by atoms with E-state index in [-0.39, 0.29) is 29.4 Å². The number of amides is 1. The molecule has 0 bridgehead atoms. The van der Waals surface area contributed by atoms with Gasteiger partial charge in [0.15, 0.2) is 5.78 Å². The van der Waals surface area contributed by atoms with Gasteiger partial charge in [-0.15, -0.1) is 11.3 Å². The third kappa shape index (κ3) is 4.62. The third-order valence-corrected chi connectivity index (χ3v) is 5.32. The van der Waals surface area contributed by atoms with Gasteiger partial charge >= 0.3 is 0 Å². The van der Waals surface area contributed by atoms with Crippen LogP contribution in [0.25, 0.3) is 0 Å². The minimum absolute atomic E-state index is 0.00864. The molecule has 1 aliphatic rings. The van der Waals surface area contributed by atoms with E-state index >= 15 is 0 Å². The van der Waals surface area contributed by atoms with Gasteiger partial charge in [-0.1, -0.05) is 0 Å². The van der Waals surface area contributed by atoms with E-state index < -0.39 is 0 Å². The van der Waals surface area contributed by atoms with Crippen LogP contribution in [0.3, 0.4) is 0 Å². The summed E-state index contributed by atoms with van der Waals surface area (Å²) in [5, 5.41) is 3.00. The summed E-state index contributed by atoms with van der Waals surface area (Å²) in [5.74, 6) is -0.129. The number of hydrogen-bond acceptors (Lipinski definition) is 5. The lowest BCUT2D eigenvalue weighted by Gasteiger charge is -2.45. The number of hydrogen-bond donors (Lipinski definition) is 1. The van der Waals surface area contributed by atoms with Gasteiger partial charge in [0.2, 0.25) is 0 Å². The van der Waals surface area contributed by atoms with E-state index in [2.05, 4.69) is 37.9 Å². The Balaban J connectivity index is 1.95. The summed E-state index contributed by atoms with van der Waals surface area (Å²) >= 11 is 1.24. The minimum Gasteiger partial charge on any atom is -0.373 e. The Morgan fingerprint density at radius 2 is 1.83 bits per heavy atom. The summed E-state index contributed by atoms with van der Waals surface area (Å²) in [6.45, 7) is 12.2. The van der Waals surface area contributed by atoms with Gasteiger partial charge in [-0.05, 0) is 46.8 Å². The molecule has 1 fully saturated rings. The van der Waals surface area contributed by atoms with Gasteiger partial charge in [-0.25, -0.2) is 0 Å². The van der Waals surface area contributed by atoms with E-state index in [0.717, 1.165) is 13.1 Å². The second kappa shape index (κ2) is 7.11. The van der Waals surface area contributed by atoms with Gasteiger partial charge in [0.25, 0.3) is 5.91 Å². The summed E-state index contributed by atoms with van der Waals surface area (Å²) in [6, 6.07) is 3.42. The molecule has 0 aromatic carbocycles. The van der Waals surface area contributed by atoms with Crippen molar-refractivity contribution in [1.82, 2.24) is 10.2 Å². The first kappa shape index (κ1) is 18.1. The standard InChI is InChI=1S/C17H26N2O3S/c1-11-8-19(9-12(2)22-11)17(4,5)10-18-16(21)15-7-6-14(23-15)13(3)20/h6-7,11-12H,8-10H2,1-5H3,(H,18,21). The van der Waals surface area contributed by atoms with Crippen LogP contribution in [0.4, 0.5) is 0 Å². The molecule has 5 nitrogen and oxygen atoms in total. The molecule has 1 saturated heterocycles. The highest BCUT2D eigenvalue weighted by Gasteiger charge is 2.33. The number of thiophene rings is 1. The molecular weight excluding hydrogens is 312 g/mol. The second-order valence-electron chi connectivity index (χ2n) is 6.88. The SMILES string of the molecule is CC(=O)c1ccc(C(=O)NCC(C)(C)N2CC(C)OC(C)C2)s1. The average Bonchev–Trinajstić information content (AvgIpc) is 2.94. The molecule has 1 aliphatic heterocycles. The first-order chi connectivity index (χ1) is 10.7. The number of Topliss-reactive ketones (excluding diaryl/α,β-unsaturated/α-hetero) is 1. The van der Waals surface area contributed by atoms with Crippen molar-refractivity contribution in [2.45, 2.75) is 52.4 Å². The van der Waals surface area contributed by atoms with Gasteiger partial charge in [-0.2, -0.15) is 0 Å². The fourth-order valence-corrected chi connectivity index (χ4v) is 3.63. The number of morpholine rings is 1. The van der Waals surface area contributed by atoms with Crippen molar-refractivity contribution >= 4 is 23.0 Å². The molecule has 0 spiro atoms. The van der Waals surface area contributed by atoms with Crippen molar-refractivity contribution in [2.75, 3.05) is 19.6 Å². The molecule has 6 heteroatoms. The molecule has 1 amide bonds. The maximum absolute atomic E-state index is 12.3. The number of ether oxygens (including phenoxy) is 1. The Morgan fingerprint density at radius 3 is 2.35 bits per heavy atom. The normalized spacial score (nSPS) is 22.8. The summed E-state index contributed by atoms with van der Waals surface area (Å²) in [6.07, 6.45) is 0.397. The summed E-state index contributed by atoms with van der Waals surface area (Å²) < 4.78 is 5.77. The molecule has 0 radical (unpaired) electrons. The Bertz CT molecular complexity index is 572. The highest BCUT2D eigenvalue weighted by molar-refractivity contribution is 7.15. The zero-order valence-corrected chi connectivity index (χ0v) is 15.3. The fraction of sp³-hybridized carbons (Fsp3) is 0.647. The summed E-state index contributed by atoms with van der Waals surface area (Å²) in [4.78, 5) is 27.2. The molecule has 128 valence electrons. The molecule has 1 aromatic rings. The van der Waals surface area contributed by atoms with Crippen LogP contribution < -0.4 is 5.32 Å². The van der Waals surface area contributed by atoms with Gasteiger partial charge < -0.3 is 10.1 Å². The topological polar surface area (TPSA) is 58.6 Å². The molecule has 0 saturated carbocycles. The molecule has 2 heterocycles. The number of ketones is 1. The summed E-state index contributed by atoms with van der Waals surface area (Å²) in [7, 11) is 0. The maximum Gasteiger partial charge on any atom is 0.261 e. The zero-order chi connectivity index (χ0) is 17.2. The predicted molar refractivity (Wildman–Crippen MR) is 92.3 cm³/mol. The average molecular weight is 338 g/mol. The van der Waals surface area contributed by atoms with Crippen LogP contribution >= 0.6 is 11.3 Å². The largest absolute Gasteiger partial charge is 0.373 e. The fourth-order valence-electron chi connectivity index (χ4n) is 2.82. The van der Waals surface area contributed by atoms with E-state index in [1.807, 2.05) is 0 Å². The van der Waals surface area contributed by atoms with E-state index in [1.165, 1.54) is 18.3 Å². The third-order valence-electron chi connectivity index (χ3n) is 4.13. The quantitative estimate of drug-likeness (QED) is 0.838. The molecule has 1 aromatic heterocycles. The van der Waals surface area contributed by atoms with Crippen LogP contribution in [0.2, 0.25) is 0 Å². The van der Waals surface area contributed by atoms with Crippen molar-refractivity contribution in [2.24, 2.45) is 0 Å². The highest BCUT2D eigenvalue weighted by Crippen LogP contribution is 2.21. The molecule has 2 rings (SSSR count). The van der Waals surface area contributed by atoms with Crippen LogP contribution in [0.5, 0.6) is 0 Å². The Hall–Kier alpha value is -1.24. The smallest absolute Gasteiger partial charge is 0.261 e. The van der Waals surface area contributed by atoms with Crippen molar-refractivity contribution in [3.05, 3.63) is 21.9 Å². The molecular formula is C17H26N2O3S. The molecule has 2 unspecified atom stereocenters. The van der Waals surface area contributed by atoms with Gasteiger partial charge in [-0.3, -0.25) is 14.5 Å². The van der Waals surface area contributed by atoms with Gasteiger partial charge in [0, 0.05) is 25.2 Å². The predicted octanol–water partition coefficient (Wildman–Crippen LogP) is 2.57. The van der Waals surface area contributed by atoms with Crippen LogP contribution in [-0.4, -0.2) is 54.0 Å². The van der Waals surface area contributed by atoms with Crippen LogP contribution in [-0.2, 0) is 4.74 Å². The van der Waals surface area contributed by atoms with Crippen LogP contribution in [0.1, 0.15) is 54.0 Å². The van der Waals surface area contributed by atoms with Crippen LogP contribution in [0, 0.1) is 0 Å². The summed E-state index contributed by atoms with van der Waals surface area (Å²) in [5.41, 5.74) is -0.150. The number of nitrogens with zero attached hydrogens (tertiary/aromatic N) is 1. The number of nitrogens with one attached hydrogen (secondary N) is 1. The number of carbonyl (C=O) groups excluding carboxylic acids is 2. The first-order valence-corrected chi connectivity index (χ1v) is 8.80. The highest BCUT2D eigenvalue weighted by atomic mass is 32.1. The first-order valence-electron chi connectivity index (χ1n) is 7.98. The van der Waals surface area contributed by atoms with Gasteiger partial charge in [0.05, 0.1) is 22.0 Å². The van der Waals surface area contributed by atoms with E-state index in [4.69, 9.17) is 4.74 Å². The monoisotopic (exact) mass is 338 g/mol. The van der Waals surface area contributed by atoms with E-state index in [0.29, 0.717) is 16.3 Å². The van der Waals surface area contributed by atoms with Crippen molar-refractivity contribution in [3.63, 3.8) is 0 Å². The maximum atomic E-state index is 12.3. The Kier molecular flexibility index (Phi) is 5.60. The number of rotatable bonds is 5. The lowest BCUT2D eigenvalue weighted by molar-refractivity contribution is -0.0948. The lowest BCUT2D eigenvalue weighted by atomic mass is 10.00. The molecule has 2 atom stereocenters. The molecule has 1 N–H and O–H groups in total. The van der Waals surface area contributed by atoms with Crippen LogP contribution in [0.15, 0.2) is 12.1 Å². The van der Waals surface area contributed by atoms with Crippen molar-refractivity contribution in [3.8, 4) is 0 Å². The van der Waals surface area contributed by atoms with Gasteiger partial charge in [0.1, 0.15) is 0 Å².